The molecular weight excluding hydrogens is 240 g/mol. The van der Waals surface area contributed by atoms with Crippen molar-refractivity contribution in [1.29, 1.82) is 0 Å². The van der Waals surface area contributed by atoms with Gasteiger partial charge < -0.3 is 15.5 Å². The average molecular weight is 270 g/mol. The second-order valence-corrected chi connectivity index (χ2v) is 5.74. The summed E-state index contributed by atoms with van der Waals surface area (Å²) in [6.45, 7) is 7.23. The number of hydrogen-bond donors (Lipinski definition) is 1. The third-order valence-corrected chi connectivity index (χ3v) is 3.76. The number of nitrogens with zero attached hydrogens (tertiary/aromatic N) is 3. The maximum absolute atomic E-state index is 12.2. The fourth-order valence-corrected chi connectivity index (χ4v) is 2.44. The van der Waals surface area contributed by atoms with Gasteiger partial charge in [0.15, 0.2) is 0 Å². The molecule has 112 valence electrons. The lowest BCUT2D eigenvalue weighted by Gasteiger charge is -2.31. The first-order valence-corrected chi connectivity index (χ1v) is 7.43. The van der Waals surface area contributed by atoms with E-state index >= 15 is 0 Å². The standard InChI is InChI=1S/C14H30N4O/c1-4-18(9-5-8-16(2)3)14(19)12-17-10-6-13(15)7-11-17/h13H,4-12,15H2,1-3H3. The van der Waals surface area contributed by atoms with Gasteiger partial charge in [-0.1, -0.05) is 0 Å². The molecule has 0 aromatic carbocycles. The summed E-state index contributed by atoms with van der Waals surface area (Å²) in [6, 6.07) is 0.328. The van der Waals surface area contributed by atoms with Gasteiger partial charge in [-0.3, -0.25) is 9.69 Å². The summed E-state index contributed by atoms with van der Waals surface area (Å²) in [7, 11) is 4.13. The van der Waals surface area contributed by atoms with E-state index in [1.54, 1.807) is 0 Å². The molecule has 1 aliphatic heterocycles. The molecule has 1 rings (SSSR count). The number of rotatable bonds is 7. The van der Waals surface area contributed by atoms with Gasteiger partial charge in [-0.05, 0) is 46.8 Å². The molecule has 1 heterocycles. The zero-order valence-electron chi connectivity index (χ0n) is 12.8. The molecule has 0 aliphatic carbocycles. The first-order chi connectivity index (χ1) is 9.02. The lowest BCUT2D eigenvalue weighted by Crippen LogP contribution is -2.46. The number of nitrogens with two attached hydrogens (primary N) is 1. The Kier molecular flexibility index (Phi) is 7.34. The van der Waals surface area contributed by atoms with Gasteiger partial charge in [0.2, 0.25) is 5.91 Å². The molecule has 1 amide bonds. The third kappa shape index (κ3) is 6.36. The van der Waals surface area contributed by atoms with E-state index in [4.69, 9.17) is 5.73 Å². The highest BCUT2D eigenvalue weighted by Gasteiger charge is 2.20. The Morgan fingerprint density at radius 1 is 1.26 bits per heavy atom. The molecule has 1 fully saturated rings. The monoisotopic (exact) mass is 270 g/mol. The van der Waals surface area contributed by atoms with E-state index in [0.29, 0.717) is 12.6 Å². The number of carbonyl (C=O) groups excluding carboxylic acids is 1. The molecule has 0 aromatic heterocycles. The van der Waals surface area contributed by atoms with Gasteiger partial charge in [0.25, 0.3) is 0 Å². The Balaban J connectivity index is 2.28. The number of carbonyl (C=O) groups is 1. The third-order valence-electron chi connectivity index (χ3n) is 3.76. The molecule has 0 unspecified atom stereocenters. The van der Waals surface area contributed by atoms with Crippen molar-refractivity contribution >= 4 is 5.91 Å². The molecule has 1 saturated heterocycles. The summed E-state index contributed by atoms with van der Waals surface area (Å²) in [4.78, 5) is 18.6. The van der Waals surface area contributed by atoms with Crippen LogP contribution in [0.2, 0.25) is 0 Å². The summed E-state index contributed by atoms with van der Waals surface area (Å²) in [6.07, 6.45) is 3.07. The Labute approximate surface area is 117 Å². The number of piperidine rings is 1. The molecule has 0 aromatic rings. The van der Waals surface area contributed by atoms with Crippen LogP contribution in [-0.2, 0) is 4.79 Å². The maximum atomic E-state index is 12.2. The first-order valence-electron chi connectivity index (χ1n) is 7.43. The zero-order chi connectivity index (χ0) is 14.3. The quantitative estimate of drug-likeness (QED) is 0.718. The lowest BCUT2D eigenvalue weighted by atomic mass is 10.1. The molecule has 5 nitrogen and oxygen atoms in total. The summed E-state index contributed by atoms with van der Waals surface area (Å²) < 4.78 is 0. The van der Waals surface area contributed by atoms with Gasteiger partial charge in [-0.2, -0.15) is 0 Å². The van der Waals surface area contributed by atoms with Crippen molar-refractivity contribution in [3.8, 4) is 0 Å². The summed E-state index contributed by atoms with van der Waals surface area (Å²) in [5.74, 6) is 0.261. The average Bonchev–Trinajstić information content (AvgIpc) is 2.37. The van der Waals surface area contributed by atoms with Gasteiger partial charge >= 0.3 is 0 Å². The summed E-state index contributed by atoms with van der Waals surface area (Å²) in [5.41, 5.74) is 5.88. The van der Waals surface area contributed by atoms with Crippen LogP contribution in [0, 0.1) is 0 Å². The van der Waals surface area contributed by atoms with Crippen molar-refractivity contribution < 1.29 is 4.79 Å². The molecule has 5 heteroatoms. The highest BCUT2D eigenvalue weighted by atomic mass is 16.2. The van der Waals surface area contributed by atoms with Crippen molar-refractivity contribution in [2.24, 2.45) is 5.73 Å². The van der Waals surface area contributed by atoms with E-state index in [9.17, 15) is 4.79 Å². The van der Waals surface area contributed by atoms with Crippen LogP contribution in [-0.4, -0.2) is 80.0 Å². The predicted molar refractivity (Wildman–Crippen MR) is 79.1 cm³/mol. The molecule has 0 spiro atoms. The Morgan fingerprint density at radius 2 is 1.89 bits per heavy atom. The molecule has 19 heavy (non-hydrogen) atoms. The normalized spacial score (nSPS) is 17.9. The maximum Gasteiger partial charge on any atom is 0.236 e. The van der Waals surface area contributed by atoms with Crippen LogP contribution in [0.3, 0.4) is 0 Å². The van der Waals surface area contributed by atoms with Crippen LogP contribution in [0.4, 0.5) is 0 Å². The molecular formula is C14H30N4O. The van der Waals surface area contributed by atoms with Crippen LogP contribution in [0.5, 0.6) is 0 Å². The largest absolute Gasteiger partial charge is 0.342 e. The number of amides is 1. The fraction of sp³-hybridized carbons (Fsp3) is 0.929. The van der Waals surface area contributed by atoms with E-state index in [1.165, 1.54) is 0 Å². The number of hydrogen-bond acceptors (Lipinski definition) is 4. The van der Waals surface area contributed by atoms with Gasteiger partial charge in [-0.15, -0.1) is 0 Å². The van der Waals surface area contributed by atoms with Crippen LogP contribution >= 0.6 is 0 Å². The molecule has 0 bridgehead atoms. The smallest absolute Gasteiger partial charge is 0.236 e. The molecule has 1 aliphatic rings. The van der Waals surface area contributed by atoms with Crippen LogP contribution in [0.15, 0.2) is 0 Å². The molecule has 0 saturated carbocycles. The molecule has 0 atom stereocenters. The van der Waals surface area contributed by atoms with E-state index in [2.05, 4.69) is 30.8 Å². The Morgan fingerprint density at radius 3 is 2.42 bits per heavy atom. The minimum atomic E-state index is 0.261. The van der Waals surface area contributed by atoms with Crippen molar-refractivity contribution in [3.05, 3.63) is 0 Å². The second-order valence-electron chi connectivity index (χ2n) is 5.74. The van der Waals surface area contributed by atoms with Crippen LogP contribution in [0.25, 0.3) is 0 Å². The minimum Gasteiger partial charge on any atom is -0.342 e. The lowest BCUT2D eigenvalue weighted by molar-refractivity contribution is -0.132. The summed E-state index contributed by atoms with van der Waals surface area (Å²) >= 11 is 0. The SMILES string of the molecule is CCN(CCCN(C)C)C(=O)CN1CCC(N)CC1. The Bertz CT molecular complexity index is 262. The van der Waals surface area contributed by atoms with Gasteiger partial charge in [-0.25, -0.2) is 0 Å². The van der Waals surface area contributed by atoms with Gasteiger partial charge in [0.05, 0.1) is 6.54 Å². The van der Waals surface area contributed by atoms with Crippen molar-refractivity contribution in [2.45, 2.75) is 32.2 Å². The highest BCUT2D eigenvalue weighted by Crippen LogP contribution is 2.08. The predicted octanol–water partition coefficient (Wildman–Crippen LogP) is 0.210. The van der Waals surface area contributed by atoms with Crippen molar-refractivity contribution in [2.75, 3.05) is 53.4 Å². The molecule has 0 radical (unpaired) electrons. The van der Waals surface area contributed by atoms with Crippen LogP contribution in [0.1, 0.15) is 26.2 Å². The number of likely N-dealkylation sites (N-methyl/N-ethyl adjacent to an activating group) is 1. The van der Waals surface area contributed by atoms with Crippen molar-refractivity contribution in [1.82, 2.24) is 14.7 Å². The van der Waals surface area contributed by atoms with Crippen LogP contribution < -0.4 is 5.73 Å². The highest BCUT2D eigenvalue weighted by molar-refractivity contribution is 5.78. The topological polar surface area (TPSA) is 52.8 Å². The molecule has 2 N–H and O–H groups in total. The van der Waals surface area contributed by atoms with E-state index < -0.39 is 0 Å². The first kappa shape index (κ1) is 16.4. The van der Waals surface area contributed by atoms with Gasteiger partial charge in [0.1, 0.15) is 0 Å². The van der Waals surface area contributed by atoms with E-state index in [-0.39, 0.29) is 5.91 Å². The van der Waals surface area contributed by atoms with E-state index in [1.807, 2.05) is 4.90 Å². The zero-order valence-corrected chi connectivity index (χ0v) is 12.8. The van der Waals surface area contributed by atoms with Gasteiger partial charge in [0, 0.05) is 32.2 Å². The fourth-order valence-electron chi connectivity index (χ4n) is 2.44. The Hall–Kier alpha value is -0.650. The van der Waals surface area contributed by atoms with E-state index in [0.717, 1.165) is 52.0 Å². The minimum absolute atomic E-state index is 0.261. The van der Waals surface area contributed by atoms with Crippen molar-refractivity contribution in [3.63, 3.8) is 0 Å². The number of likely N-dealkylation sites (tertiary alicyclic amines) is 1. The summed E-state index contributed by atoms with van der Waals surface area (Å²) in [5, 5.41) is 0. The second kappa shape index (κ2) is 8.51.